The molecule has 1 aliphatic rings. The first-order valence-electron chi connectivity index (χ1n) is 5.89. The largest absolute Gasteiger partial charge is 0.469 e. The Hall–Kier alpha value is -1.06. The minimum atomic E-state index is -0.0920. The number of ether oxygens (including phenoxy) is 1. The van der Waals surface area contributed by atoms with Crippen LogP contribution in [0, 0.1) is 11.8 Å². The highest BCUT2D eigenvalue weighted by Gasteiger charge is 2.29. The van der Waals surface area contributed by atoms with Crippen LogP contribution in [0.15, 0.2) is 0 Å². The molecule has 0 radical (unpaired) electrons. The van der Waals surface area contributed by atoms with Crippen molar-refractivity contribution in [2.45, 2.75) is 45.6 Å². The third kappa shape index (κ3) is 3.51. The van der Waals surface area contributed by atoms with Gasteiger partial charge >= 0.3 is 5.97 Å². The summed E-state index contributed by atoms with van der Waals surface area (Å²) in [5.41, 5.74) is 0. The molecule has 0 aromatic heterocycles. The molecule has 1 rings (SSSR count). The van der Waals surface area contributed by atoms with Gasteiger partial charge in [-0.2, -0.15) is 0 Å². The molecular weight excluding hydrogens is 206 g/mol. The lowest BCUT2D eigenvalue weighted by Crippen LogP contribution is -2.39. The van der Waals surface area contributed by atoms with Gasteiger partial charge in [0.1, 0.15) is 0 Å². The lowest BCUT2D eigenvalue weighted by Gasteiger charge is -2.31. The molecule has 0 spiro atoms. The summed E-state index contributed by atoms with van der Waals surface area (Å²) in [7, 11) is 1.44. The minimum absolute atomic E-state index is 0.0163. The predicted molar refractivity (Wildman–Crippen MR) is 60.7 cm³/mol. The molecule has 92 valence electrons. The molecule has 4 nitrogen and oxygen atoms in total. The van der Waals surface area contributed by atoms with E-state index in [0.717, 1.165) is 25.7 Å². The molecule has 1 aliphatic carbocycles. The zero-order valence-corrected chi connectivity index (χ0v) is 10.3. The number of methoxy groups -OCH3 is 1. The molecule has 0 saturated heterocycles. The smallest absolute Gasteiger partial charge is 0.308 e. The van der Waals surface area contributed by atoms with Crippen molar-refractivity contribution in [1.82, 2.24) is 5.32 Å². The number of carbonyl (C=O) groups excluding carboxylic acids is 2. The highest BCUT2D eigenvalue weighted by molar-refractivity contribution is 5.73. The van der Waals surface area contributed by atoms with Crippen molar-refractivity contribution < 1.29 is 14.3 Å². The molecule has 1 fully saturated rings. The van der Waals surface area contributed by atoms with E-state index >= 15 is 0 Å². The molecular formula is C12H21NO3. The molecule has 1 N–H and O–H groups in total. The Bertz CT molecular complexity index is 257. The number of nitrogens with one attached hydrogen (secondary N) is 1. The van der Waals surface area contributed by atoms with Gasteiger partial charge in [-0.15, -0.1) is 0 Å². The second-order valence-electron chi connectivity index (χ2n) is 4.62. The third-order valence-electron chi connectivity index (χ3n) is 3.44. The molecule has 0 heterocycles. The van der Waals surface area contributed by atoms with Gasteiger partial charge in [0.15, 0.2) is 0 Å². The van der Waals surface area contributed by atoms with Crippen LogP contribution in [-0.4, -0.2) is 25.0 Å². The number of carbonyl (C=O) groups is 2. The van der Waals surface area contributed by atoms with Crippen LogP contribution in [0.25, 0.3) is 0 Å². The number of amides is 1. The van der Waals surface area contributed by atoms with Crippen LogP contribution in [0.4, 0.5) is 0 Å². The summed E-state index contributed by atoms with van der Waals surface area (Å²) in [5, 5.41) is 2.92. The topological polar surface area (TPSA) is 55.4 Å². The normalized spacial score (nSPS) is 26.9. The van der Waals surface area contributed by atoms with Crippen LogP contribution in [0.3, 0.4) is 0 Å². The summed E-state index contributed by atoms with van der Waals surface area (Å²) in [6.07, 6.45) is 3.73. The Morgan fingerprint density at radius 2 is 1.81 bits per heavy atom. The van der Waals surface area contributed by atoms with E-state index in [9.17, 15) is 9.59 Å². The highest BCUT2D eigenvalue weighted by atomic mass is 16.5. The number of hydrogen-bond acceptors (Lipinski definition) is 3. The van der Waals surface area contributed by atoms with Crippen molar-refractivity contribution in [1.29, 1.82) is 0 Å². The first-order chi connectivity index (χ1) is 7.54. The molecule has 0 aliphatic heterocycles. The Kier molecular flexibility index (Phi) is 4.77. The Morgan fingerprint density at radius 1 is 1.25 bits per heavy atom. The Balaban J connectivity index is 2.36. The van der Waals surface area contributed by atoms with Crippen LogP contribution < -0.4 is 5.32 Å². The van der Waals surface area contributed by atoms with Gasteiger partial charge in [-0.25, -0.2) is 0 Å². The average molecular weight is 227 g/mol. The summed E-state index contributed by atoms with van der Waals surface area (Å²) in [4.78, 5) is 22.3. The monoisotopic (exact) mass is 227 g/mol. The van der Waals surface area contributed by atoms with E-state index in [-0.39, 0.29) is 23.8 Å². The molecule has 16 heavy (non-hydrogen) atoms. The van der Waals surface area contributed by atoms with E-state index in [1.165, 1.54) is 14.0 Å². The first kappa shape index (κ1) is 13.0. The quantitative estimate of drug-likeness (QED) is 0.743. The lowest BCUT2D eigenvalue weighted by atomic mass is 9.79. The average Bonchev–Trinajstić information content (AvgIpc) is 2.27. The first-order valence-corrected chi connectivity index (χ1v) is 5.89. The van der Waals surface area contributed by atoms with Crippen molar-refractivity contribution >= 4 is 11.9 Å². The van der Waals surface area contributed by atoms with E-state index in [1.807, 2.05) is 6.92 Å². The molecule has 0 aromatic carbocycles. The van der Waals surface area contributed by atoms with Crippen LogP contribution in [0.2, 0.25) is 0 Å². The fourth-order valence-electron chi connectivity index (χ4n) is 2.46. The summed E-state index contributed by atoms with van der Waals surface area (Å²) in [6.45, 7) is 3.57. The molecule has 0 bridgehead atoms. The third-order valence-corrected chi connectivity index (χ3v) is 3.44. The highest BCUT2D eigenvalue weighted by Crippen LogP contribution is 2.31. The van der Waals surface area contributed by atoms with E-state index < -0.39 is 0 Å². The second-order valence-corrected chi connectivity index (χ2v) is 4.62. The Morgan fingerprint density at radius 3 is 2.25 bits per heavy atom. The van der Waals surface area contributed by atoms with Gasteiger partial charge < -0.3 is 10.1 Å². The van der Waals surface area contributed by atoms with E-state index in [1.54, 1.807) is 0 Å². The molecule has 1 unspecified atom stereocenters. The van der Waals surface area contributed by atoms with Crippen LogP contribution in [0.5, 0.6) is 0 Å². The van der Waals surface area contributed by atoms with Crippen LogP contribution in [0.1, 0.15) is 39.5 Å². The van der Waals surface area contributed by atoms with Gasteiger partial charge in [-0.1, -0.05) is 0 Å². The van der Waals surface area contributed by atoms with Crippen molar-refractivity contribution in [2.24, 2.45) is 11.8 Å². The van der Waals surface area contributed by atoms with E-state index in [0.29, 0.717) is 5.92 Å². The fraction of sp³-hybridized carbons (Fsp3) is 0.833. The van der Waals surface area contributed by atoms with Crippen LogP contribution >= 0.6 is 0 Å². The van der Waals surface area contributed by atoms with Crippen molar-refractivity contribution in [3.63, 3.8) is 0 Å². The van der Waals surface area contributed by atoms with Crippen LogP contribution in [-0.2, 0) is 14.3 Å². The summed E-state index contributed by atoms with van der Waals surface area (Å²) >= 11 is 0. The molecule has 1 atom stereocenters. The summed E-state index contributed by atoms with van der Waals surface area (Å²) in [6, 6.07) is 0.205. The van der Waals surface area contributed by atoms with Crippen molar-refractivity contribution in [2.75, 3.05) is 7.11 Å². The SMILES string of the molecule is COC(=O)C1CCC(C(C)NC(C)=O)CC1. The number of hydrogen-bond donors (Lipinski definition) is 1. The number of rotatable bonds is 3. The summed E-state index contributed by atoms with van der Waals surface area (Å²) in [5.74, 6) is 0.476. The second kappa shape index (κ2) is 5.87. The van der Waals surface area contributed by atoms with Gasteiger partial charge in [0.2, 0.25) is 5.91 Å². The van der Waals surface area contributed by atoms with Crippen molar-refractivity contribution in [3.05, 3.63) is 0 Å². The maximum Gasteiger partial charge on any atom is 0.308 e. The predicted octanol–water partition coefficient (Wildman–Crippen LogP) is 1.49. The van der Waals surface area contributed by atoms with Crippen molar-refractivity contribution in [3.8, 4) is 0 Å². The van der Waals surface area contributed by atoms with Gasteiger partial charge in [-0.05, 0) is 38.5 Å². The molecule has 1 amide bonds. The number of esters is 1. The lowest BCUT2D eigenvalue weighted by molar-refractivity contribution is -0.147. The molecule has 1 saturated carbocycles. The zero-order valence-electron chi connectivity index (χ0n) is 10.3. The zero-order chi connectivity index (χ0) is 12.1. The van der Waals surface area contributed by atoms with Gasteiger partial charge in [0, 0.05) is 13.0 Å². The Labute approximate surface area is 96.7 Å². The molecule has 0 aromatic rings. The fourth-order valence-corrected chi connectivity index (χ4v) is 2.46. The van der Waals surface area contributed by atoms with E-state index in [2.05, 4.69) is 5.32 Å². The minimum Gasteiger partial charge on any atom is -0.469 e. The van der Waals surface area contributed by atoms with Gasteiger partial charge in [0.05, 0.1) is 13.0 Å². The standard InChI is InChI=1S/C12H21NO3/c1-8(13-9(2)14)10-4-6-11(7-5-10)12(15)16-3/h8,10-11H,4-7H2,1-3H3,(H,13,14). The van der Waals surface area contributed by atoms with Gasteiger partial charge in [-0.3, -0.25) is 9.59 Å². The maximum atomic E-state index is 11.3. The molecule has 4 heteroatoms. The maximum absolute atomic E-state index is 11.3. The summed E-state index contributed by atoms with van der Waals surface area (Å²) < 4.78 is 4.74. The van der Waals surface area contributed by atoms with E-state index in [4.69, 9.17) is 4.74 Å². The van der Waals surface area contributed by atoms with Gasteiger partial charge in [0.25, 0.3) is 0 Å².